The Kier molecular flexibility index (Phi) is 7.83. The van der Waals surface area contributed by atoms with Crippen LogP contribution in [0, 0.1) is 0 Å². The summed E-state index contributed by atoms with van der Waals surface area (Å²) < 4.78 is 33.3. The van der Waals surface area contributed by atoms with E-state index < -0.39 is 10.0 Å². The molecule has 2 aromatic carbocycles. The highest BCUT2D eigenvalue weighted by Gasteiger charge is 2.20. The summed E-state index contributed by atoms with van der Waals surface area (Å²) in [5.41, 5.74) is 2.50. The highest BCUT2D eigenvalue weighted by molar-refractivity contribution is 7.99. The first-order chi connectivity index (χ1) is 15.6. The van der Waals surface area contributed by atoms with E-state index in [0.29, 0.717) is 22.5 Å². The Morgan fingerprint density at radius 3 is 2.61 bits per heavy atom. The number of amides is 1. The first-order valence-electron chi connectivity index (χ1n) is 10.3. The van der Waals surface area contributed by atoms with Crippen LogP contribution in [0.1, 0.15) is 25.3 Å². The molecule has 0 fully saturated rings. The number of hydrogen-bond donors (Lipinski definition) is 1. The molecule has 0 radical (unpaired) electrons. The molecule has 3 rings (SSSR count). The highest BCUT2D eigenvalue weighted by atomic mass is 32.2. The smallest absolute Gasteiger partial charge is 0.242 e. The van der Waals surface area contributed by atoms with Crippen molar-refractivity contribution in [3.63, 3.8) is 0 Å². The van der Waals surface area contributed by atoms with Gasteiger partial charge in [0.15, 0.2) is 5.16 Å². The van der Waals surface area contributed by atoms with Crippen LogP contribution >= 0.6 is 11.8 Å². The third-order valence-electron chi connectivity index (χ3n) is 4.98. The maximum atomic E-state index is 12.7. The van der Waals surface area contributed by atoms with Crippen molar-refractivity contribution >= 4 is 33.4 Å². The predicted octanol–water partition coefficient (Wildman–Crippen LogP) is 3.99. The van der Waals surface area contributed by atoms with E-state index in [1.165, 1.54) is 56.7 Å². The van der Waals surface area contributed by atoms with E-state index in [1.807, 2.05) is 29.0 Å². The molecule has 0 aliphatic heterocycles. The molecule has 0 saturated carbocycles. The van der Waals surface area contributed by atoms with Crippen LogP contribution in [0.2, 0.25) is 0 Å². The number of anilines is 1. The van der Waals surface area contributed by atoms with Crippen LogP contribution in [-0.2, 0) is 14.8 Å². The van der Waals surface area contributed by atoms with E-state index in [4.69, 9.17) is 4.74 Å². The zero-order valence-corrected chi connectivity index (χ0v) is 20.9. The maximum absolute atomic E-state index is 12.7. The summed E-state index contributed by atoms with van der Waals surface area (Å²) in [4.78, 5) is 17.2. The van der Waals surface area contributed by atoms with Crippen LogP contribution in [0.25, 0.3) is 5.69 Å². The zero-order valence-electron chi connectivity index (χ0n) is 19.3. The summed E-state index contributed by atoms with van der Waals surface area (Å²) in [7, 11) is 0.718. The molecule has 1 heterocycles. The molecule has 8 nitrogen and oxygen atoms in total. The summed E-state index contributed by atoms with van der Waals surface area (Å²) >= 11 is 1.30. The van der Waals surface area contributed by atoms with Crippen LogP contribution in [0.15, 0.2) is 64.9 Å². The number of nitrogens with one attached hydrogen (secondary N) is 1. The van der Waals surface area contributed by atoms with E-state index in [-0.39, 0.29) is 16.6 Å². The Hall–Kier alpha value is -2.82. The van der Waals surface area contributed by atoms with Gasteiger partial charge in [0.2, 0.25) is 15.9 Å². The van der Waals surface area contributed by atoms with Gasteiger partial charge in [-0.25, -0.2) is 17.7 Å². The van der Waals surface area contributed by atoms with Crippen molar-refractivity contribution < 1.29 is 17.9 Å². The summed E-state index contributed by atoms with van der Waals surface area (Å²) in [6, 6.07) is 12.5. The van der Waals surface area contributed by atoms with Gasteiger partial charge in [0.25, 0.3) is 0 Å². The molecule has 0 aliphatic carbocycles. The number of carbonyl (C=O) groups excluding carboxylic acids is 1. The van der Waals surface area contributed by atoms with Crippen LogP contribution in [-0.4, -0.2) is 55.1 Å². The molecule has 1 aromatic heterocycles. The average molecular weight is 489 g/mol. The Labute approximate surface area is 199 Å². The molecular formula is C23H28N4O4S2. The molecule has 0 bridgehead atoms. The molecule has 1 amide bonds. The summed E-state index contributed by atoms with van der Waals surface area (Å²) in [5.74, 6) is 0.500. The Bertz CT molecular complexity index is 1240. The van der Waals surface area contributed by atoms with Crippen molar-refractivity contribution in [1.82, 2.24) is 13.9 Å². The third-order valence-corrected chi connectivity index (χ3v) is 7.76. The number of ether oxygens (including phenoxy) is 1. The van der Waals surface area contributed by atoms with E-state index in [2.05, 4.69) is 30.2 Å². The number of hydrogen-bond acceptors (Lipinski definition) is 6. The lowest BCUT2D eigenvalue weighted by Gasteiger charge is -2.16. The van der Waals surface area contributed by atoms with Gasteiger partial charge in [-0.15, -0.1) is 0 Å². The minimum Gasteiger partial charge on any atom is -0.495 e. The van der Waals surface area contributed by atoms with E-state index in [9.17, 15) is 13.2 Å². The number of para-hydroxylation sites is 1. The molecule has 33 heavy (non-hydrogen) atoms. The first kappa shape index (κ1) is 24.8. The fourth-order valence-electron chi connectivity index (χ4n) is 3.25. The molecule has 10 heteroatoms. The summed E-state index contributed by atoms with van der Waals surface area (Å²) in [6.07, 6.45) is 3.58. The highest BCUT2D eigenvalue weighted by Crippen LogP contribution is 2.30. The van der Waals surface area contributed by atoms with Crippen molar-refractivity contribution in [3.05, 3.63) is 60.4 Å². The molecular weight excluding hydrogens is 460 g/mol. The SMILES string of the molecule is COc1ccc(S(=O)(=O)N(C)C)cc1NC(=O)CSc1nccn1-c1ccccc1C(C)C. The van der Waals surface area contributed by atoms with E-state index in [1.54, 1.807) is 6.20 Å². The Balaban J connectivity index is 1.78. The van der Waals surface area contributed by atoms with Crippen LogP contribution < -0.4 is 10.1 Å². The lowest BCUT2D eigenvalue weighted by atomic mass is 10.0. The number of aromatic nitrogens is 2. The van der Waals surface area contributed by atoms with Crippen molar-refractivity contribution in [2.75, 3.05) is 32.3 Å². The number of carbonyl (C=O) groups is 1. The van der Waals surface area contributed by atoms with Gasteiger partial charge in [0.05, 0.1) is 29.1 Å². The average Bonchev–Trinajstić information content (AvgIpc) is 3.26. The largest absolute Gasteiger partial charge is 0.495 e. The second-order valence-corrected chi connectivity index (χ2v) is 10.9. The maximum Gasteiger partial charge on any atom is 0.242 e. The third kappa shape index (κ3) is 5.58. The molecule has 1 N–H and O–H groups in total. The lowest BCUT2D eigenvalue weighted by molar-refractivity contribution is -0.113. The number of rotatable bonds is 9. The second-order valence-electron chi connectivity index (χ2n) is 7.78. The minimum atomic E-state index is -3.65. The monoisotopic (exact) mass is 488 g/mol. The molecule has 3 aromatic rings. The number of imidazole rings is 1. The van der Waals surface area contributed by atoms with Crippen molar-refractivity contribution in [2.45, 2.75) is 29.8 Å². The van der Waals surface area contributed by atoms with E-state index >= 15 is 0 Å². The molecule has 0 saturated heterocycles. The Morgan fingerprint density at radius 1 is 1.21 bits per heavy atom. The van der Waals surface area contributed by atoms with Gasteiger partial charge in [0.1, 0.15) is 5.75 Å². The standard InChI is InChI=1S/C23H28N4O4S2/c1-16(2)18-8-6-7-9-20(18)27-13-12-24-23(27)32-15-22(28)25-19-14-17(10-11-21(19)31-5)33(29,30)26(3)4/h6-14,16H,15H2,1-5H3,(H,25,28). The van der Waals surface area contributed by atoms with Crippen molar-refractivity contribution in [2.24, 2.45) is 0 Å². The summed E-state index contributed by atoms with van der Waals surface area (Å²) in [5, 5.41) is 3.45. The van der Waals surface area contributed by atoms with Crippen LogP contribution in [0.3, 0.4) is 0 Å². The van der Waals surface area contributed by atoms with Gasteiger partial charge >= 0.3 is 0 Å². The molecule has 0 aliphatic rings. The minimum absolute atomic E-state index is 0.0667. The summed E-state index contributed by atoms with van der Waals surface area (Å²) in [6.45, 7) is 4.27. The molecule has 0 unspecified atom stereocenters. The van der Waals surface area contributed by atoms with Gasteiger partial charge in [-0.3, -0.25) is 9.36 Å². The Morgan fingerprint density at radius 2 is 1.94 bits per heavy atom. The van der Waals surface area contributed by atoms with Crippen LogP contribution in [0.5, 0.6) is 5.75 Å². The van der Waals surface area contributed by atoms with Gasteiger partial charge in [0, 0.05) is 26.5 Å². The quantitative estimate of drug-likeness (QED) is 0.458. The predicted molar refractivity (Wildman–Crippen MR) is 131 cm³/mol. The number of methoxy groups -OCH3 is 1. The van der Waals surface area contributed by atoms with Crippen molar-refractivity contribution in [1.29, 1.82) is 0 Å². The molecule has 0 spiro atoms. The normalized spacial score (nSPS) is 11.7. The topological polar surface area (TPSA) is 93.5 Å². The first-order valence-corrected chi connectivity index (χ1v) is 12.7. The van der Waals surface area contributed by atoms with Crippen molar-refractivity contribution in [3.8, 4) is 11.4 Å². The van der Waals surface area contributed by atoms with Gasteiger partial charge in [-0.1, -0.05) is 43.8 Å². The fraction of sp³-hybridized carbons (Fsp3) is 0.304. The van der Waals surface area contributed by atoms with Gasteiger partial charge < -0.3 is 10.1 Å². The number of benzene rings is 2. The lowest BCUT2D eigenvalue weighted by Crippen LogP contribution is -2.22. The second kappa shape index (κ2) is 10.4. The molecule has 0 atom stereocenters. The van der Waals surface area contributed by atoms with Crippen LogP contribution in [0.4, 0.5) is 5.69 Å². The van der Waals surface area contributed by atoms with Gasteiger partial charge in [-0.05, 0) is 35.7 Å². The number of nitrogens with zero attached hydrogens (tertiary/aromatic N) is 3. The number of sulfonamides is 1. The molecule has 176 valence electrons. The fourth-order valence-corrected chi connectivity index (χ4v) is 4.94. The van der Waals surface area contributed by atoms with Gasteiger partial charge in [-0.2, -0.15) is 0 Å². The van der Waals surface area contributed by atoms with E-state index in [0.717, 1.165) is 9.99 Å². The zero-order chi connectivity index (χ0) is 24.2. The number of thioether (sulfide) groups is 1.